The number of fused-ring (bicyclic) bond motifs is 1. The summed E-state index contributed by atoms with van der Waals surface area (Å²) in [5, 5.41) is 12.6. The Hall–Kier alpha value is -2.59. The molecule has 8 nitrogen and oxygen atoms in total. The zero-order valence-electron chi connectivity index (χ0n) is 17.5. The van der Waals surface area contributed by atoms with Gasteiger partial charge in [-0.05, 0) is 50.3 Å². The van der Waals surface area contributed by atoms with Crippen LogP contribution in [0.3, 0.4) is 0 Å². The van der Waals surface area contributed by atoms with Crippen LogP contribution >= 0.6 is 23.1 Å². The lowest BCUT2D eigenvalue weighted by molar-refractivity contribution is -0.113. The number of esters is 1. The van der Waals surface area contributed by atoms with Gasteiger partial charge >= 0.3 is 5.97 Å². The average molecular weight is 461 g/mol. The Morgan fingerprint density at radius 3 is 2.94 bits per heavy atom. The number of carbonyl (C=O) groups is 2. The number of rotatable bonds is 9. The first kappa shape index (κ1) is 21.6. The predicted octanol–water partition coefficient (Wildman–Crippen LogP) is 4.41. The number of anilines is 1. The fourth-order valence-electron chi connectivity index (χ4n) is 3.61. The van der Waals surface area contributed by atoms with Gasteiger partial charge in [0.2, 0.25) is 5.91 Å². The van der Waals surface area contributed by atoms with E-state index in [4.69, 9.17) is 9.15 Å². The molecule has 10 heteroatoms. The minimum absolute atomic E-state index is 0.158. The van der Waals surface area contributed by atoms with Crippen molar-refractivity contribution in [2.24, 2.45) is 0 Å². The van der Waals surface area contributed by atoms with Crippen molar-refractivity contribution in [1.82, 2.24) is 14.8 Å². The maximum atomic E-state index is 12.7. The average Bonchev–Trinajstić information content (AvgIpc) is 3.51. The molecule has 0 fully saturated rings. The fraction of sp³-hybridized carbons (Fsp3) is 0.429. The molecule has 0 saturated carbocycles. The molecule has 1 N–H and O–H groups in total. The molecule has 0 bridgehead atoms. The Labute approximate surface area is 188 Å². The number of ether oxygens (including phenoxy) is 1. The molecule has 0 saturated heterocycles. The molecule has 1 amide bonds. The number of aromatic nitrogens is 3. The van der Waals surface area contributed by atoms with E-state index in [1.54, 1.807) is 19.3 Å². The molecule has 3 aromatic heterocycles. The number of nitrogens with zero attached hydrogens (tertiary/aromatic N) is 3. The van der Waals surface area contributed by atoms with Crippen LogP contribution in [0.2, 0.25) is 0 Å². The van der Waals surface area contributed by atoms with Gasteiger partial charge in [-0.15, -0.1) is 21.5 Å². The molecular formula is C21H24N4O4S2. The topological polar surface area (TPSA) is 99.2 Å². The van der Waals surface area contributed by atoms with E-state index in [1.807, 2.05) is 10.6 Å². The van der Waals surface area contributed by atoms with Crippen LogP contribution in [0.4, 0.5) is 5.00 Å². The lowest BCUT2D eigenvalue weighted by Crippen LogP contribution is -2.17. The Morgan fingerprint density at radius 1 is 1.32 bits per heavy atom. The van der Waals surface area contributed by atoms with Gasteiger partial charge in [0.1, 0.15) is 5.00 Å². The van der Waals surface area contributed by atoms with Gasteiger partial charge in [-0.2, -0.15) is 0 Å². The van der Waals surface area contributed by atoms with Crippen molar-refractivity contribution in [2.75, 3.05) is 17.7 Å². The van der Waals surface area contributed by atoms with Crippen LogP contribution in [-0.4, -0.2) is 39.0 Å². The SMILES string of the molecule is CCCn1c(SCC(=O)Nc2sc3c(c2C(=O)OCC)CCC3)nnc1-c1ccco1. The summed E-state index contributed by atoms with van der Waals surface area (Å²) in [6, 6.07) is 3.64. The van der Waals surface area contributed by atoms with E-state index in [2.05, 4.69) is 22.4 Å². The van der Waals surface area contributed by atoms with Crippen molar-refractivity contribution >= 4 is 40.0 Å². The zero-order chi connectivity index (χ0) is 21.8. The monoisotopic (exact) mass is 460 g/mol. The van der Waals surface area contributed by atoms with E-state index in [9.17, 15) is 9.59 Å². The molecule has 3 aromatic rings. The van der Waals surface area contributed by atoms with Crippen molar-refractivity contribution in [3.05, 3.63) is 34.4 Å². The summed E-state index contributed by atoms with van der Waals surface area (Å²) in [5.74, 6) is 0.889. The standard InChI is InChI=1S/C21H24N4O4S2/c1-3-10-25-18(14-8-6-11-29-14)23-24-21(25)30-12-16(26)22-19-17(20(27)28-4-2)13-7-5-9-15(13)31-19/h6,8,11H,3-5,7,9-10,12H2,1-2H3,(H,22,26). The van der Waals surface area contributed by atoms with Crippen LogP contribution in [0.1, 0.15) is 47.5 Å². The highest BCUT2D eigenvalue weighted by Gasteiger charge is 2.28. The van der Waals surface area contributed by atoms with E-state index in [-0.39, 0.29) is 17.6 Å². The van der Waals surface area contributed by atoms with Crippen molar-refractivity contribution in [3.63, 3.8) is 0 Å². The zero-order valence-corrected chi connectivity index (χ0v) is 19.1. The van der Waals surface area contributed by atoms with Gasteiger partial charge < -0.3 is 14.5 Å². The molecule has 0 aromatic carbocycles. The van der Waals surface area contributed by atoms with Gasteiger partial charge in [-0.25, -0.2) is 4.79 Å². The third-order valence-corrected chi connectivity index (χ3v) is 7.07. The summed E-state index contributed by atoms with van der Waals surface area (Å²) in [5.41, 5.74) is 1.55. The summed E-state index contributed by atoms with van der Waals surface area (Å²) in [4.78, 5) is 26.3. The summed E-state index contributed by atoms with van der Waals surface area (Å²) >= 11 is 2.79. The summed E-state index contributed by atoms with van der Waals surface area (Å²) in [6.45, 7) is 4.87. The lowest BCUT2D eigenvalue weighted by atomic mass is 10.1. The quantitative estimate of drug-likeness (QED) is 0.373. The molecule has 0 atom stereocenters. The number of nitrogens with one attached hydrogen (secondary N) is 1. The normalized spacial score (nSPS) is 12.7. The van der Waals surface area contributed by atoms with Crippen LogP contribution in [0.5, 0.6) is 0 Å². The summed E-state index contributed by atoms with van der Waals surface area (Å²) < 4.78 is 12.6. The third-order valence-electron chi connectivity index (χ3n) is 4.89. The molecule has 3 heterocycles. The van der Waals surface area contributed by atoms with Crippen LogP contribution in [-0.2, 0) is 28.9 Å². The number of thioether (sulfide) groups is 1. The minimum Gasteiger partial charge on any atom is -0.462 e. The highest BCUT2D eigenvalue weighted by Crippen LogP contribution is 2.39. The van der Waals surface area contributed by atoms with Crippen molar-refractivity contribution in [1.29, 1.82) is 0 Å². The van der Waals surface area contributed by atoms with Gasteiger partial charge in [0.15, 0.2) is 16.7 Å². The number of aryl methyl sites for hydroxylation is 1. The molecule has 0 aliphatic heterocycles. The Bertz CT molecular complexity index is 1070. The third kappa shape index (κ3) is 4.54. The number of carbonyl (C=O) groups excluding carboxylic acids is 2. The summed E-state index contributed by atoms with van der Waals surface area (Å²) in [6.07, 6.45) is 5.31. The molecule has 0 spiro atoms. The van der Waals surface area contributed by atoms with Crippen molar-refractivity contribution in [2.45, 2.75) is 51.2 Å². The first-order valence-corrected chi connectivity index (χ1v) is 12.1. The molecule has 1 aliphatic carbocycles. The van der Waals surface area contributed by atoms with Crippen LogP contribution in [0, 0.1) is 0 Å². The number of thiophene rings is 1. The molecule has 0 radical (unpaired) electrons. The minimum atomic E-state index is -0.365. The summed E-state index contributed by atoms with van der Waals surface area (Å²) in [7, 11) is 0. The van der Waals surface area contributed by atoms with E-state index < -0.39 is 0 Å². The first-order chi connectivity index (χ1) is 15.1. The number of hydrogen-bond donors (Lipinski definition) is 1. The van der Waals surface area contributed by atoms with E-state index in [1.165, 1.54) is 23.1 Å². The molecule has 4 rings (SSSR count). The fourth-order valence-corrected chi connectivity index (χ4v) is 5.67. The Morgan fingerprint density at radius 2 is 2.19 bits per heavy atom. The van der Waals surface area contributed by atoms with Crippen molar-refractivity contribution in [3.8, 4) is 11.6 Å². The molecular weight excluding hydrogens is 436 g/mol. The van der Waals surface area contributed by atoms with E-state index >= 15 is 0 Å². The highest BCUT2D eigenvalue weighted by molar-refractivity contribution is 7.99. The van der Waals surface area contributed by atoms with Gasteiger partial charge in [0, 0.05) is 11.4 Å². The maximum Gasteiger partial charge on any atom is 0.341 e. The van der Waals surface area contributed by atoms with Crippen LogP contribution in [0.25, 0.3) is 11.6 Å². The number of amides is 1. The van der Waals surface area contributed by atoms with Crippen molar-refractivity contribution < 1.29 is 18.7 Å². The smallest absolute Gasteiger partial charge is 0.341 e. The number of hydrogen-bond acceptors (Lipinski definition) is 8. The number of furan rings is 1. The molecule has 1 aliphatic rings. The first-order valence-electron chi connectivity index (χ1n) is 10.3. The maximum absolute atomic E-state index is 12.7. The van der Waals surface area contributed by atoms with E-state index in [0.29, 0.717) is 33.9 Å². The second-order valence-electron chi connectivity index (χ2n) is 7.05. The van der Waals surface area contributed by atoms with Gasteiger partial charge in [0.25, 0.3) is 0 Å². The molecule has 31 heavy (non-hydrogen) atoms. The highest BCUT2D eigenvalue weighted by atomic mass is 32.2. The second kappa shape index (κ2) is 9.69. The largest absolute Gasteiger partial charge is 0.462 e. The van der Waals surface area contributed by atoms with Gasteiger partial charge in [0.05, 0.1) is 24.2 Å². The van der Waals surface area contributed by atoms with Crippen LogP contribution in [0.15, 0.2) is 28.0 Å². The molecule has 164 valence electrons. The van der Waals surface area contributed by atoms with Gasteiger partial charge in [-0.3, -0.25) is 9.36 Å². The Balaban J connectivity index is 1.47. The molecule has 0 unspecified atom stereocenters. The predicted molar refractivity (Wildman–Crippen MR) is 120 cm³/mol. The lowest BCUT2D eigenvalue weighted by Gasteiger charge is -2.09. The Kier molecular flexibility index (Phi) is 6.77. The van der Waals surface area contributed by atoms with Crippen LogP contribution < -0.4 is 5.32 Å². The second-order valence-corrected chi connectivity index (χ2v) is 9.10. The van der Waals surface area contributed by atoms with E-state index in [0.717, 1.165) is 42.7 Å². The van der Waals surface area contributed by atoms with Gasteiger partial charge in [-0.1, -0.05) is 18.7 Å².